The van der Waals surface area contributed by atoms with Gasteiger partial charge in [0.2, 0.25) is 0 Å². The third-order valence-electron chi connectivity index (χ3n) is 2.62. The molecule has 1 aromatic heterocycles. The van der Waals surface area contributed by atoms with E-state index in [1.165, 1.54) is 12.8 Å². The van der Waals surface area contributed by atoms with Gasteiger partial charge >= 0.3 is 0 Å². The molecule has 1 heterocycles. The standard InChI is InChI=1S/C11H17N3/c1-8(2)10-12-7-4-9(13-10)14-11(3)5-6-11/h4,7-8H,5-6H2,1-3H3,(H,12,13,14). The fourth-order valence-electron chi connectivity index (χ4n) is 1.34. The minimum absolute atomic E-state index is 0.294. The first-order chi connectivity index (χ1) is 6.59. The maximum absolute atomic E-state index is 4.48. The summed E-state index contributed by atoms with van der Waals surface area (Å²) < 4.78 is 0. The van der Waals surface area contributed by atoms with Gasteiger partial charge in [0.15, 0.2) is 0 Å². The Morgan fingerprint density at radius 1 is 1.43 bits per heavy atom. The molecule has 3 heteroatoms. The first-order valence-electron chi connectivity index (χ1n) is 5.20. The van der Waals surface area contributed by atoms with E-state index in [1.807, 2.05) is 12.3 Å². The third kappa shape index (κ3) is 2.03. The van der Waals surface area contributed by atoms with Gasteiger partial charge in [-0.3, -0.25) is 0 Å². The van der Waals surface area contributed by atoms with Gasteiger partial charge in [0, 0.05) is 17.7 Å². The van der Waals surface area contributed by atoms with Crippen LogP contribution in [0.4, 0.5) is 5.82 Å². The zero-order valence-electron chi connectivity index (χ0n) is 9.04. The van der Waals surface area contributed by atoms with Crippen molar-refractivity contribution in [3.8, 4) is 0 Å². The highest BCUT2D eigenvalue weighted by molar-refractivity contribution is 5.39. The van der Waals surface area contributed by atoms with E-state index in [9.17, 15) is 0 Å². The molecule has 0 radical (unpaired) electrons. The Kier molecular flexibility index (Phi) is 2.17. The van der Waals surface area contributed by atoms with Gasteiger partial charge < -0.3 is 5.32 Å². The summed E-state index contributed by atoms with van der Waals surface area (Å²) in [7, 11) is 0. The van der Waals surface area contributed by atoms with Crippen LogP contribution in [0.15, 0.2) is 12.3 Å². The van der Waals surface area contributed by atoms with Gasteiger partial charge in [-0.2, -0.15) is 0 Å². The second kappa shape index (κ2) is 3.23. The average molecular weight is 191 g/mol. The minimum Gasteiger partial charge on any atom is -0.365 e. The number of aromatic nitrogens is 2. The predicted molar refractivity (Wildman–Crippen MR) is 57.4 cm³/mol. The van der Waals surface area contributed by atoms with Crippen LogP contribution in [0.5, 0.6) is 0 Å². The van der Waals surface area contributed by atoms with Crippen LogP contribution in [-0.4, -0.2) is 15.5 Å². The van der Waals surface area contributed by atoms with Crippen LogP contribution in [-0.2, 0) is 0 Å². The molecule has 3 nitrogen and oxygen atoms in total. The summed E-state index contributed by atoms with van der Waals surface area (Å²) in [5.41, 5.74) is 0.294. The molecule has 1 aliphatic rings. The molecular formula is C11H17N3. The fourth-order valence-corrected chi connectivity index (χ4v) is 1.34. The molecule has 0 unspecified atom stereocenters. The number of hydrogen-bond donors (Lipinski definition) is 1. The summed E-state index contributed by atoms with van der Waals surface area (Å²) >= 11 is 0. The zero-order valence-corrected chi connectivity index (χ0v) is 9.04. The Labute approximate surface area is 85.0 Å². The highest BCUT2D eigenvalue weighted by atomic mass is 15.1. The molecule has 1 aliphatic carbocycles. The van der Waals surface area contributed by atoms with Gasteiger partial charge in [-0.25, -0.2) is 9.97 Å². The van der Waals surface area contributed by atoms with E-state index in [-0.39, 0.29) is 0 Å². The molecule has 1 fully saturated rings. The summed E-state index contributed by atoms with van der Waals surface area (Å²) in [6, 6.07) is 1.94. The average Bonchev–Trinajstić information content (AvgIpc) is 2.83. The van der Waals surface area contributed by atoms with Crippen LogP contribution in [0, 0.1) is 0 Å². The Balaban J connectivity index is 2.13. The molecule has 1 N–H and O–H groups in total. The summed E-state index contributed by atoms with van der Waals surface area (Å²) in [5, 5.41) is 3.44. The van der Waals surface area contributed by atoms with Crippen molar-refractivity contribution in [3.05, 3.63) is 18.1 Å². The molecule has 76 valence electrons. The molecule has 2 rings (SSSR count). The van der Waals surface area contributed by atoms with Gasteiger partial charge in [0.05, 0.1) is 0 Å². The maximum atomic E-state index is 4.48. The molecule has 1 saturated carbocycles. The lowest BCUT2D eigenvalue weighted by Gasteiger charge is -2.13. The fraction of sp³-hybridized carbons (Fsp3) is 0.636. The van der Waals surface area contributed by atoms with E-state index in [0.717, 1.165) is 11.6 Å². The van der Waals surface area contributed by atoms with Gasteiger partial charge in [-0.15, -0.1) is 0 Å². The number of nitrogens with one attached hydrogen (secondary N) is 1. The Morgan fingerprint density at radius 2 is 2.14 bits per heavy atom. The van der Waals surface area contributed by atoms with Gasteiger partial charge in [-0.05, 0) is 25.8 Å². The Morgan fingerprint density at radius 3 is 2.71 bits per heavy atom. The summed E-state index contributed by atoms with van der Waals surface area (Å²) in [4.78, 5) is 8.71. The van der Waals surface area contributed by atoms with Crippen molar-refractivity contribution in [1.82, 2.24) is 9.97 Å². The van der Waals surface area contributed by atoms with E-state index in [4.69, 9.17) is 0 Å². The summed E-state index contributed by atoms with van der Waals surface area (Å²) in [6.45, 7) is 6.44. The van der Waals surface area contributed by atoms with Crippen molar-refractivity contribution in [2.75, 3.05) is 5.32 Å². The predicted octanol–water partition coefficient (Wildman–Crippen LogP) is 2.56. The molecule has 14 heavy (non-hydrogen) atoms. The number of hydrogen-bond acceptors (Lipinski definition) is 3. The van der Waals surface area contributed by atoms with Crippen molar-refractivity contribution >= 4 is 5.82 Å². The lowest BCUT2D eigenvalue weighted by molar-refractivity contribution is 0.761. The molecule has 0 amide bonds. The maximum Gasteiger partial charge on any atom is 0.133 e. The molecule has 1 aromatic rings. The van der Waals surface area contributed by atoms with Crippen LogP contribution < -0.4 is 5.32 Å². The molecule has 0 atom stereocenters. The molecule has 0 aliphatic heterocycles. The smallest absolute Gasteiger partial charge is 0.133 e. The van der Waals surface area contributed by atoms with Gasteiger partial charge in [-0.1, -0.05) is 13.8 Å². The number of rotatable bonds is 3. The van der Waals surface area contributed by atoms with Crippen molar-refractivity contribution in [1.29, 1.82) is 0 Å². The number of anilines is 1. The first-order valence-corrected chi connectivity index (χ1v) is 5.20. The van der Waals surface area contributed by atoms with E-state index in [0.29, 0.717) is 11.5 Å². The van der Waals surface area contributed by atoms with E-state index in [1.54, 1.807) is 0 Å². The monoisotopic (exact) mass is 191 g/mol. The van der Waals surface area contributed by atoms with Crippen LogP contribution in [0.25, 0.3) is 0 Å². The molecule has 0 spiro atoms. The van der Waals surface area contributed by atoms with Crippen LogP contribution in [0.3, 0.4) is 0 Å². The second-order valence-electron chi connectivity index (χ2n) is 4.64. The van der Waals surface area contributed by atoms with E-state index < -0.39 is 0 Å². The van der Waals surface area contributed by atoms with Gasteiger partial charge in [0.25, 0.3) is 0 Å². The van der Waals surface area contributed by atoms with Gasteiger partial charge in [0.1, 0.15) is 11.6 Å². The first kappa shape index (κ1) is 9.44. The highest BCUT2D eigenvalue weighted by Crippen LogP contribution is 2.37. The lowest BCUT2D eigenvalue weighted by Crippen LogP contribution is -2.17. The number of nitrogens with zero attached hydrogens (tertiary/aromatic N) is 2. The largest absolute Gasteiger partial charge is 0.365 e. The molecule has 0 saturated heterocycles. The van der Waals surface area contributed by atoms with Crippen LogP contribution in [0.2, 0.25) is 0 Å². The van der Waals surface area contributed by atoms with Crippen LogP contribution in [0.1, 0.15) is 45.4 Å². The zero-order chi connectivity index (χ0) is 10.2. The topological polar surface area (TPSA) is 37.8 Å². The van der Waals surface area contributed by atoms with E-state index >= 15 is 0 Å². The van der Waals surface area contributed by atoms with Crippen LogP contribution >= 0.6 is 0 Å². The second-order valence-corrected chi connectivity index (χ2v) is 4.64. The Hall–Kier alpha value is -1.12. The molecular weight excluding hydrogens is 174 g/mol. The lowest BCUT2D eigenvalue weighted by atomic mass is 10.2. The molecule has 0 aromatic carbocycles. The highest BCUT2D eigenvalue weighted by Gasteiger charge is 2.37. The Bertz CT molecular complexity index is 329. The van der Waals surface area contributed by atoms with Crippen molar-refractivity contribution in [2.45, 2.75) is 45.1 Å². The summed E-state index contributed by atoms with van der Waals surface area (Å²) in [6.07, 6.45) is 4.32. The normalized spacial score (nSPS) is 18.3. The van der Waals surface area contributed by atoms with Crippen molar-refractivity contribution in [2.24, 2.45) is 0 Å². The van der Waals surface area contributed by atoms with Crippen molar-refractivity contribution < 1.29 is 0 Å². The third-order valence-corrected chi connectivity index (χ3v) is 2.62. The summed E-state index contributed by atoms with van der Waals surface area (Å²) in [5.74, 6) is 2.27. The van der Waals surface area contributed by atoms with Crippen molar-refractivity contribution in [3.63, 3.8) is 0 Å². The van der Waals surface area contributed by atoms with E-state index in [2.05, 4.69) is 36.1 Å². The minimum atomic E-state index is 0.294. The quantitative estimate of drug-likeness (QED) is 0.798. The molecule has 0 bridgehead atoms. The SMILES string of the molecule is CC(C)c1nccc(NC2(C)CC2)n1.